The lowest BCUT2D eigenvalue weighted by Gasteiger charge is -2.33. The van der Waals surface area contributed by atoms with Crippen molar-refractivity contribution in [2.75, 3.05) is 13.1 Å². The molecule has 1 aliphatic rings. The van der Waals surface area contributed by atoms with Crippen LogP contribution in [-0.2, 0) is 4.79 Å². The minimum atomic E-state index is -0.148. The topological polar surface area (TPSA) is 66.1 Å². The lowest BCUT2D eigenvalue weighted by molar-refractivity contribution is -0.132. The second kappa shape index (κ2) is 6.30. The molecular formula is C17H21N3O2. The number of nitrogens with zero attached hydrogens (tertiary/aromatic N) is 2. The van der Waals surface area contributed by atoms with Crippen LogP contribution in [0, 0.1) is 0 Å². The summed E-state index contributed by atoms with van der Waals surface area (Å²) in [6, 6.07) is 5.75. The fraction of sp³-hybridized carbons (Fsp3) is 0.471. The van der Waals surface area contributed by atoms with Crippen molar-refractivity contribution in [2.24, 2.45) is 0 Å². The van der Waals surface area contributed by atoms with E-state index >= 15 is 0 Å². The molecule has 0 bridgehead atoms. The second-order valence-corrected chi connectivity index (χ2v) is 5.92. The van der Waals surface area contributed by atoms with Crippen LogP contribution in [0.25, 0.3) is 10.9 Å². The van der Waals surface area contributed by atoms with Crippen LogP contribution in [0.3, 0.4) is 0 Å². The molecule has 0 spiro atoms. The lowest BCUT2D eigenvalue weighted by atomic mass is 9.93. The van der Waals surface area contributed by atoms with Gasteiger partial charge in [0.1, 0.15) is 5.52 Å². The summed E-state index contributed by atoms with van der Waals surface area (Å²) in [5.41, 5.74) is 1.24. The molecule has 2 aromatic heterocycles. The summed E-state index contributed by atoms with van der Waals surface area (Å²) in [5, 5.41) is 0.859. The first-order valence-corrected chi connectivity index (χ1v) is 7.94. The normalized spacial score (nSPS) is 18.6. The van der Waals surface area contributed by atoms with E-state index < -0.39 is 0 Å². The monoisotopic (exact) mass is 299 g/mol. The maximum atomic E-state index is 12.2. The number of amides is 1. The Kier molecular flexibility index (Phi) is 4.22. The third kappa shape index (κ3) is 2.89. The van der Waals surface area contributed by atoms with Gasteiger partial charge in [-0.1, -0.05) is 13.0 Å². The number of carbonyl (C=O) groups is 1. The van der Waals surface area contributed by atoms with Gasteiger partial charge in [-0.25, -0.2) is 0 Å². The molecule has 0 radical (unpaired) electrons. The van der Waals surface area contributed by atoms with Crippen molar-refractivity contribution in [3.63, 3.8) is 0 Å². The highest BCUT2D eigenvalue weighted by molar-refractivity contribution is 5.78. The fourth-order valence-electron chi connectivity index (χ4n) is 3.17. The summed E-state index contributed by atoms with van der Waals surface area (Å²) in [5.74, 6) is 0.420. The molecule has 1 unspecified atom stereocenters. The molecule has 22 heavy (non-hydrogen) atoms. The number of likely N-dealkylation sites (tertiary alicyclic amines) is 1. The van der Waals surface area contributed by atoms with Gasteiger partial charge in [-0.15, -0.1) is 0 Å². The van der Waals surface area contributed by atoms with Crippen LogP contribution in [0.15, 0.2) is 29.2 Å². The fourth-order valence-corrected chi connectivity index (χ4v) is 3.17. The lowest BCUT2D eigenvalue weighted by Crippen LogP contribution is -2.39. The Morgan fingerprint density at radius 3 is 3.18 bits per heavy atom. The van der Waals surface area contributed by atoms with Gasteiger partial charge in [-0.3, -0.25) is 14.6 Å². The van der Waals surface area contributed by atoms with Crippen LogP contribution in [0.2, 0.25) is 0 Å². The number of fused-ring (bicyclic) bond motifs is 1. The average molecular weight is 299 g/mol. The molecular weight excluding hydrogens is 278 g/mol. The SMILES string of the molecule is CCCC(=O)N1CCCC(c2cc3cccnc3c(=O)[nH]2)C1. The summed E-state index contributed by atoms with van der Waals surface area (Å²) in [6.45, 7) is 3.54. The van der Waals surface area contributed by atoms with E-state index in [0.29, 0.717) is 18.5 Å². The Morgan fingerprint density at radius 1 is 1.50 bits per heavy atom. The molecule has 2 aromatic rings. The summed E-state index contributed by atoms with van der Waals surface area (Å²) in [4.78, 5) is 33.3. The number of H-pyrrole nitrogens is 1. The second-order valence-electron chi connectivity index (χ2n) is 5.92. The summed E-state index contributed by atoms with van der Waals surface area (Å²) in [7, 11) is 0. The molecule has 0 aliphatic carbocycles. The van der Waals surface area contributed by atoms with Crippen LogP contribution in [0.1, 0.15) is 44.2 Å². The van der Waals surface area contributed by atoms with Gasteiger partial charge in [0.05, 0.1) is 0 Å². The molecule has 1 fully saturated rings. The molecule has 1 amide bonds. The van der Waals surface area contributed by atoms with Crippen molar-refractivity contribution >= 4 is 16.8 Å². The van der Waals surface area contributed by atoms with Gasteiger partial charge < -0.3 is 9.88 Å². The minimum Gasteiger partial charge on any atom is -0.342 e. The molecule has 1 atom stereocenters. The van der Waals surface area contributed by atoms with Crippen molar-refractivity contribution in [2.45, 2.75) is 38.5 Å². The van der Waals surface area contributed by atoms with Crippen molar-refractivity contribution in [1.82, 2.24) is 14.9 Å². The third-order valence-corrected chi connectivity index (χ3v) is 4.30. The molecule has 1 N–H and O–H groups in total. The van der Waals surface area contributed by atoms with Crippen LogP contribution < -0.4 is 5.56 Å². The molecule has 3 heterocycles. The van der Waals surface area contributed by atoms with E-state index in [9.17, 15) is 9.59 Å². The van der Waals surface area contributed by atoms with E-state index in [1.807, 2.05) is 30.0 Å². The summed E-state index contributed by atoms with van der Waals surface area (Å²) >= 11 is 0. The van der Waals surface area contributed by atoms with Gasteiger partial charge in [0.15, 0.2) is 0 Å². The maximum absolute atomic E-state index is 12.2. The standard InChI is InChI=1S/C17H21N3O2/c1-2-5-15(21)20-9-4-7-13(11-20)14-10-12-6-3-8-18-16(12)17(22)19-14/h3,6,8,10,13H,2,4-5,7,9,11H2,1H3,(H,19,22). The van der Waals surface area contributed by atoms with E-state index in [1.165, 1.54) is 0 Å². The molecule has 0 aromatic carbocycles. The van der Waals surface area contributed by atoms with Crippen LogP contribution in [0.5, 0.6) is 0 Å². The predicted molar refractivity (Wildman–Crippen MR) is 85.8 cm³/mol. The van der Waals surface area contributed by atoms with Crippen molar-refractivity contribution in [3.05, 3.63) is 40.4 Å². The number of nitrogens with one attached hydrogen (secondary N) is 1. The smallest absolute Gasteiger partial charge is 0.274 e. The van der Waals surface area contributed by atoms with Gasteiger partial charge in [0, 0.05) is 42.7 Å². The average Bonchev–Trinajstić information content (AvgIpc) is 2.55. The van der Waals surface area contributed by atoms with Crippen LogP contribution in [-0.4, -0.2) is 33.9 Å². The Bertz CT molecular complexity index is 738. The van der Waals surface area contributed by atoms with Gasteiger partial charge in [0.25, 0.3) is 5.56 Å². The molecule has 3 rings (SSSR count). The van der Waals surface area contributed by atoms with Crippen molar-refractivity contribution < 1.29 is 4.79 Å². The van der Waals surface area contributed by atoms with E-state index in [0.717, 1.165) is 36.9 Å². The number of aromatic amines is 1. The summed E-state index contributed by atoms with van der Waals surface area (Å²) < 4.78 is 0. The highest BCUT2D eigenvalue weighted by Gasteiger charge is 2.25. The largest absolute Gasteiger partial charge is 0.342 e. The number of pyridine rings is 2. The number of hydrogen-bond acceptors (Lipinski definition) is 3. The Morgan fingerprint density at radius 2 is 2.36 bits per heavy atom. The van der Waals surface area contributed by atoms with E-state index in [-0.39, 0.29) is 17.4 Å². The Balaban J connectivity index is 1.87. The predicted octanol–water partition coefficient (Wildman–Crippen LogP) is 2.43. The molecule has 0 saturated carbocycles. The van der Waals surface area contributed by atoms with E-state index in [2.05, 4.69) is 9.97 Å². The van der Waals surface area contributed by atoms with Gasteiger partial charge in [-0.2, -0.15) is 0 Å². The number of hydrogen-bond donors (Lipinski definition) is 1. The van der Waals surface area contributed by atoms with Gasteiger partial charge in [0.2, 0.25) is 5.91 Å². The van der Waals surface area contributed by atoms with Crippen molar-refractivity contribution in [3.8, 4) is 0 Å². The number of carbonyl (C=O) groups excluding carboxylic acids is 1. The first kappa shape index (κ1) is 14.8. The zero-order valence-corrected chi connectivity index (χ0v) is 12.8. The van der Waals surface area contributed by atoms with Crippen molar-refractivity contribution in [1.29, 1.82) is 0 Å². The van der Waals surface area contributed by atoms with Crippen LogP contribution >= 0.6 is 0 Å². The Hall–Kier alpha value is -2.17. The maximum Gasteiger partial charge on any atom is 0.274 e. The first-order chi connectivity index (χ1) is 10.7. The highest BCUT2D eigenvalue weighted by atomic mass is 16.2. The summed E-state index contributed by atoms with van der Waals surface area (Å²) in [6.07, 6.45) is 5.08. The highest BCUT2D eigenvalue weighted by Crippen LogP contribution is 2.26. The van der Waals surface area contributed by atoms with Gasteiger partial charge in [-0.05, 0) is 31.4 Å². The zero-order valence-electron chi connectivity index (χ0n) is 12.8. The molecule has 1 saturated heterocycles. The molecule has 1 aliphatic heterocycles. The minimum absolute atomic E-state index is 0.148. The first-order valence-electron chi connectivity index (χ1n) is 7.94. The number of rotatable bonds is 3. The third-order valence-electron chi connectivity index (χ3n) is 4.30. The molecule has 116 valence electrons. The number of aromatic nitrogens is 2. The van der Waals surface area contributed by atoms with E-state index in [1.54, 1.807) is 6.20 Å². The quantitative estimate of drug-likeness (QED) is 0.946. The number of piperidine rings is 1. The zero-order chi connectivity index (χ0) is 15.5. The molecule has 5 heteroatoms. The van der Waals surface area contributed by atoms with E-state index in [4.69, 9.17) is 0 Å². The Labute approximate surface area is 129 Å². The molecule has 5 nitrogen and oxygen atoms in total. The van der Waals surface area contributed by atoms with Crippen LogP contribution in [0.4, 0.5) is 0 Å². The van der Waals surface area contributed by atoms with Gasteiger partial charge >= 0.3 is 0 Å².